The number of amides is 2. The number of hydrogen-bond acceptors (Lipinski definition) is 4. The topological polar surface area (TPSA) is 84.5 Å². The molecule has 19 heavy (non-hydrogen) atoms. The van der Waals surface area contributed by atoms with Gasteiger partial charge < -0.3 is 15.4 Å². The van der Waals surface area contributed by atoms with E-state index in [2.05, 4.69) is 10.6 Å². The van der Waals surface area contributed by atoms with Gasteiger partial charge in [-0.3, -0.25) is 14.4 Å². The minimum Gasteiger partial charge on any atom is -0.469 e. The maximum atomic E-state index is 11.6. The average molecular weight is 270 g/mol. The van der Waals surface area contributed by atoms with Crippen LogP contribution in [0.25, 0.3) is 0 Å². The van der Waals surface area contributed by atoms with Crippen LogP contribution in [0.5, 0.6) is 0 Å². The Balaban J connectivity index is 2.19. The highest BCUT2D eigenvalue weighted by Crippen LogP contribution is 2.25. The second-order valence-electron chi connectivity index (χ2n) is 4.87. The van der Waals surface area contributed by atoms with Gasteiger partial charge in [0.15, 0.2) is 0 Å². The Labute approximate surface area is 113 Å². The molecule has 0 saturated heterocycles. The van der Waals surface area contributed by atoms with E-state index in [1.54, 1.807) is 0 Å². The van der Waals surface area contributed by atoms with E-state index in [1.165, 1.54) is 14.0 Å². The predicted molar refractivity (Wildman–Crippen MR) is 69.2 cm³/mol. The van der Waals surface area contributed by atoms with Gasteiger partial charge in [0, 0.05) is 25.9 Å². The summed E-state index contributed by atoms with van der Waals surface area (Å²) in [4.78, 5) is 33.6. The molecule has 1 fully saturated rings. The lowest BCUT2D eigenvalue weighted by atomic mass is 9.86. The van der Waals surface area contributed by atoms with Gasteiger partial charge in [0.25, 0.3) is 0 Å². The summed E-state index contributed by atoms with van der Waals surface area (Å²) in [5, 5.41) is 5.51. The molecule has 0 radical (unpaired) electrons. The van der Waals surface area contributed by atoms with Crippen molar-refractivity contribution in [2.45, 2.75) is 45.1 Å². The number of carbonyl (C=O) groups is 3. The molecule has 0 aromatic rings. The fourth-order valence-corrected chi connectivity index (χ4v) is 2.29. The van der Waals surface area contributed by atoms with Crippen molar-refractivity contribution in [2.24, 2.45) is 5.92 Å². The third-order valence-electron chi connectivity index (χ3n) is 3.35. The molecule has 1 saturated carbocycles. The summed E-state index contributed by atoms with van der Waals surface area (Å²) in [5.74, 6) is -0.380. The molecule has 0 aliphatic heterocycles. The van der Waals surface area contributed by atoms with E-state index in [0.717, 1.165) is 25.7 Å². The van der Waals surface area contributed by atoms with Gasteiger partial charge in [-0.1, -0.05) is 0 Å². The van der Waals surface area contributed by atoms with E-state index in [1.807, 2.05) is 0 Å². The Morgan fingerprint density at radius 2 is 1.79 bits per heavy atom. The second kappa shape index (κ2) is 7.76. The number of carbonyl (C=O) groups excluding carboxylic acids is 3. The smallest absolute Gasteiger partial charge is 0.308 e. The molecule has 1 aliphatic carbocycles. The van der Waals surface area contributed by atoms with E-state index < -0.39 is 0 Å². The Morgan fingerprint density at radius 3 is 2.32 bits per heavy atom. The third kappa shape index (κ3) is 5.72. The lowest BCUT2D eigenvalue weighted by Gasteiger charge is -2.27. The van der Waals surface area contributed by atoms with Crippen molar-refractivity contribution in [3.63, 3.8) is 0 Å². The number of hydrogen-bond donors (Lipinski definition) is 2. The van der Waals surface area contributed by atoms with Gasteiger partial charge in [0.05, 0.1) is 13.0 Å². The van der Waals surface area contributed by atoms with Crippen molar-refractivity contribution in [1.29, 1.82) is 0 Å². The van der Waals surface area contributed by atoms with Gasteiger partial charge in [-0.25, -0.2) is 0 Å². The minimum atomic E-state index is -0.157. The molecule has 0 aromatic carbocycles. The largest absolute Gasteiger partial charge is 0.469 e. The normalized spacial score (nSPS) is 22.4. The summed E-state index contributed by atoms with van der Waals surface area (Å²) in [6.45, 7) is 1.78. The maximum absolute atomic E-state index is 11.6. The van der Waals surface area contributed by atoms with Crippen LogP contribution in [0.15, 0.2) is 0 Å². The summed E-state index contributed by atoms with van der Waals surface area (Å²) < 4.78 is 4.72. The molecule has 1 rings (SSSR count). The number of methoxy groups -OCH3 is 1. The third-order valence-corrected chi connectivity index (χ3v) is 3.35. The molecular formula is C13H22N2O4. The molecule has 0 unspecified atom stereocenters. The van der Waals surface area contributed by atoms with E-state index in [4.69, 9.17) is 4.74 Å². The van der Waals surface area contributed by atoms with Crippen LogP contribution in [-0.2, 0) is 19.1 Å². The highest BCUT2D eigenvalue weighted by atomic mass is 16.5. The van der Waals surface area contributed by atoms with Crippen LogP contribution in [0, 0.1) is 5.92 Å². The van der Waals surface area contributed by atoms with Crippen LogP contribution >= 0.6 is 0 Å². The van der Waals surface area contributed by atoms with Gasteiger partial charge in [0.2, 0.25) is 11.8 Å². The predicted octanol–water partition coefficient (Wildman–Crippen LogP) is 0.361. The Hall–Kier alpha value is -1.59. The molecule has 1 aliphatic rings. The number of rotatable bonds is 5. The molecule has 0 spiro atoms. The van der Waals surface area contributed by atoms with Gasteiger partial charge in [-0.15, -0.1) is 0 Å². The van der Waals surface area contributed by atoms with Crippen LogP contribution in [-0.4, -0.2) is 37.5 Å². The molecule has 6 heteroatoms. The molecule has 0 atom stereocenters. The van der Waals surface area contributed by atoms with Gasteiger partial charge in [-0.2, -0.15) is 0 Å². The van der Waals surface area contributed by atoms with Crippen molar-refractivity contribution in [3.05, 3.63) is 0 Å². The molecule has 0 bridgehead atoms. The number of ether oxygens (including phenoxy) is 1. The van der Waals surface area contributed by atoms with Gasteiger partial charge in [0.1, 0.15) is 0 Å². The molecule has 108 valence electrons. The van der Waals surface area contributed by atoms with E-state index in [0.29, 0.717) is 6.54 Å². The first-order valence-corrected chi connectivity index (χ1v) is 6.64. The molecule has 0 heterocycles. The van der Waals surface area contributed by atoms with E-state index >= 15 is 0 Å². The highest BCUT2D eigenvalue weighted by molar-refractivity contribution is 5.78. The number of nitrogens with one attached hydrogen (secondary N) is 2. The van der Waals surface area contributed by atoms with Gasteiger partial charge in [-0.05, 0) is 25.7 Å². The summed E-state index contributed by atoms with van der Waals surface area (Å²) in [6, 6.07) is 0.130. The average Bonchev–Trinajstić information content (AvgIpc) is 2.38. The van der Waals surface area contributed by atoms with Crippen LogP contribution in [0.2, 0.25) is 0 Å². The van der Waals surface area contributed by atoms with Crippen LogP contribution in [0.4, 0.5) is 0 Å². The van der Waals surface area contributed by atoms with Crippen LogP contribution in [0.1, 0.15) is 39.0 Å². The lowest BCUT2D eigenvalue weighted by molar-refractivity contribution is -0.146. The zero-order valence-corrected chi connectivity index (χ0v) is 11.5. The van der Waals surface area contributed by atoms with Crippen LogP contribution in [0.3, 0.4) is 0 Å². The zero-order chi connectivity index (χ0) is 14.3. The summed E-state index contributed by atoms with van der Waals surface area (Å²) in [6.07, 6.45) is 3.39. The fourth-order valence-electron chi connectivity index (χ4n) is 2.29. The Morgan fingerprint density at radius 1 is 1.16 bits per heavy atom. The monoisotopic (exact) mass is 270 g/mol. The Kier molecular flexibility index (Phi) is 6.32. The van der Waals surface area contributed by atoms with Crippen molar-refractivity contribution in [1.82, 2.24) is 10.6 Å². The Bertz CT molecular complexity index is 336. The molecular weight excluding hydrogens is 248 g/mol. The maximum Gasteiger partial charge on any atom is 0.308 e. The SMILES string of the molecule is COC(=O)C1CCC(NC(=O)CCNC(C)=O)CC1. The first kappa shape index (κ1) is 15.5. The van der Waals surface area contributed by atoms with Crippen molar-refractivity contribution in [3.8, 4) is 0 Å². The first-order valence-electron chi connectivity index (χ1n) is 6.64. The molecule has 2 amide bonds. The summed E-state index contributed by atoms with van der Waals surface area (Å²) >= 11 is 0. The summed E-state index contributed by atoms with van der Waals surface area (Å²) in [5.41, 5.74) is 0. The quantitative estimate of drug-likeness (QED) is 0.706. The lowest BCUT2D eigenvalue weighted by Crippen LogP contribution is -2.40. The minimum absolute atomic E-state index is 0.0301. The molecule has 2 N–H and O–H groups in total. The van der Waals surface area contributed by atoms with E-state index in [-0.39, 0.29) is 36.2 Å². The standard InChI is InChI=1S/C13H22N2O4/c1-9(16)14-8-7-12(17)15-11-5-3-10(4-6-11)13(18)19-2/h10-11H,3-8H2,1-2H3,(H,14,16)(H,15,17). The molecule has 6 nitrogen and oxygen atoms in total. The number of esters is 1. The second-order valence-corrected chi connectivity index (χ2v) is 4.87. The zero-order valence-electron chi connectivity index (χ0n) is 11.5. The van der Waals surface area contributed by atoms with E-state index in [9.17, 15) is 14.4 Å². The van der Waals surface area contributed by atoms with Crippen molar-refractivity contribution < 1.29 is 19.1 Å². The fraction of sp³-hybridized carbons (Fsp3) is 0.769. The summed E-state index contributed by atoms with van der Waals surface area (Å²) in [7, 11) is 1.40. The highest BCUT2D eigenvalue weighted by Gasteiger charge is 2.27. The molecule has 0 aromatic heterocycles. The van der Waals surface area contributed by atoms with Gasteiger partial charge >= 0.3 is 5.97 Å². The van der Waals surface area contributed by atoms with Crippen molar-refractivity contribution in [2.75, 3.05) is 13.7 Å². The first-order chi connectivity index (χ1) is 9.02. The van der Waals surface area contributed by atoms with Crippen molar-refractivity contribution >= 4 is 17.8 Å². The van der Waals surface area contributed by atoms with Crippen LogP contribution < -0.4 is 10.6 Å².